The van der Waals surface area contributed by atoms with E-state index < -0.39 is 0 Å². The van der Waals surface area contributed by atoms with Crippen LogP contribution in [0, 0.1) is 12.8 Å². The van der Waals surface area contributed by atoms with Gasteiger partial charge in [-0.05, 0) is 13.2 Å². The molecule has 1 aromatic heterocycles. The number of carbonyl (C=O) groups excluding carboxylic acids is 1. The van der Waals surface area contributed by atoms with Crippen LogP contribution >= 0.6 is 11.8 Å². The van der Waals surface area contributed by atoms with Gasteiger partial charge in [0, 0.05) is 11.7 Å². The minimum Gasteiger partial charge on any atom is -0.307 e. The number of H-pyrrole nitrogens is 1. The maximum atomic E-state index is 11.5. The van der Waals surface area contributed by atoms with E-state index in [1.807, 2.05) is 13.2 Å². The van der Waals surface area contributed by atoms with Crippen LogP contribution in [0.15, 0.2) is 0 Å². The Labute approximate surface area is 87.0 Å². The standard InChI is InChI=1S/C8H14N4OS/c1-5(4-14-3)8(13)9-7-6(2)10-12-11-7/h5H,4H2,1-3H3,(H2,9,10,11,12,13). The molecule has 1 rings (SSSR count). The number of aromatic nitrogens is 3. The second kappa shape index (κ2) is 4.99. The molecule has 0 saturated heterocycles. The number of nitrogens with one attached hydrogen (secondary N) is 2. The van der Waals surface area contributed by atoms with Gasteiger partial charge in [0.2, 0.25) is 5.91 Å². The zero-order valence-corrected chi connectivity index (χ0v) is 9.31. The Kier molecular flexibility index (Phi) is 3.94. The van der Waals surface area contributed by atoms with Gasteiger partial charge < -0.3 is 5.32 Å². The van der Waals surface area contributed by atoms with Crippen molar-refractivity contribution in [3.63, 3.8) is 0 Å². The smallest absolute Gasteiger partial charge is 0.229 e. The zero-order valence-electron chi connectivity index (χ0n) is 8.50. The van der Waals surface area contributed by atoms with Crippen LogP contribution < -0.4 is 5.32 Å². The lowest BCUT2D eigenvalue weighted by Crippen LogP contribution is -2.22. The highest BCUT2D eigenvalue weighted by atomic mass is 32.2. The summed E-state index contributed by atoms with van der Waals surface area (Å²) in [7, 11) is 0. The molecule has 0 aliphatic carbocycles. The molecule has 1 amide bonds. The molecule has 0 bridgehead atoms. The molecule has 0 aliphatic heterocycles. The second-order valence-electron chi connectivity index (χ2n) is 3.10. The van der Waals surface area contributed by atoms with Crippen LogP contribution in [-0.4, -0.2) is 33.3 Å². The molecule has 0 fully saturated rings. The van der Waals surface area contributed by atoms with Crippen molar-refractivity contribution in [1.29, 1.82) is 0 Å². The first-order valence-electron chi connectivity index (χ1n) is 4.32. The molecule has 78 valence electrons. The van der Waals surface area contributed by atoms with Crippen molar-refractivity contribution in [2.45, 2.75) is 13.8 Å². The lowest BCUT2D eigenvalue weighted by molar-refractivity contribution is -0.118. The van der Waals surface area contributed by atoms with Crippen molar-refractivity contribution < 1.29 is 4.79 Å². The summed E-state index contributed by atoms with van der Waals surface area (Å²) in [5.74, 6) is 1.29. The molecule has 0 aromatic carbocycles. The van der Waals surface area contributed by atoms with Gasteiger partial charge in [0.15, 0.2) is 5.82 Å². The number of aromatic amines is 1. The van der Waals surface area contributed by atoms with Crippen LogP contribution in [-0.2, 0) is 4.79 Å². The number of hydrogen-bond acceptors (Lipinski definition) is 4. The van der Waals surface area contributed by atoms with Gasteiger partial charge in [0.05, 0.1) is 0 Å². The summed E-state index contributed by atoms with van der Waals surface area (Å²) in [6, 6.07) is 0. The number of hydrogen-bond donors (Lipinski definition) is 2. The second-order valence-corrected chi connectivity index (χ2v) is 4.01. The predicted octanol–water partition coefficient (Wildman–Crippen LogP) is 1.05. The fraction of sp³-hybridized carbons (Fsp3) is 0.625. The van der Waals surface area contributed by atoms with Crippen molar-refractivity contribution in [2.24, 2.45) is 5.92 Å². The topological polar surface area (TPSA) is 70.7 Å². The van der Waals surface area contributed by atoms with Crippen molar-refractivity contribution in [1.82, 2.24) is 15.4 Å². The minimum atomic E-state index is -0.0173. The van der Waals surface area contributed by atoms with Crippen molar-refractivity contribution in [2.75, 3.05) is 17.3 Å². The summed E-state index contributed by atoms with van der Waals surface area (Å²) in [5, 5.41) is 12.8. The van der Waals surface area contributed by atoms with E-state index in [0.717, 1.165) is 5.75 Å². The first kappa shape index (κ1) is 11.0. The highest BCUT2D eigenvalue weighted by Gasteiger charge is 2.14. The lowest BCUT2D eigenvalue weighted by Gasteiger charge is -2.08. The van der Waals surface area contributed by atoms with E-state index in [1.54, 1.807) is 18.7 Å². The number of aryl methyl sites for hydroxylation is 1. The molecule has 14 heavy (non-hydrogen) atoms. The van der Waals surface area contributed by atoms with Crippen LogP contribution in [0.4, 0.5) is 5.82 Å². The Hall–Kier alpha value is -1.04. The number of thioether (sulfide) groups is 1. The van der Waals surface area contributed by atoms with Crippen molar-refractivity contribution in [3.8, 4) is 0 Å². The SMILES string of the molecule is CSCC(C)C(=O)Nc1n[nH]nc1C. The monoisotopic (exact) mass is 214 g/mol. The van der Waals surface area contributed by atoms with E-state index in [1.165, 1.54) is 0 Å². The summed E-state index contributed by atoms with van der Waals surface area (Å²) in [5.41, 5.74) is 0.703. The van der Waals surface area contributed by atoms with Gasteiger partial charge in [-0.25, -0.2) is 0 Å². The Morgan fingerprint density at radius 3 is 2.86 bits per heavy atom. The number of nitrogens with zero attached hydrogens (tertiary/aromatic N) is 2. The number of rotatable bonds is 4. The Balaban J connectivity index is 2.53. The van der Waals surface area contributed by atoms with E-state index in [2.05, 4.69) is 20.7 Å². The molecule has 2 N–H and O–H groups in total. The maximum Gasteiger partial charge on any atom is 0.229 e. The average molecular weight is 214 g/mol. The molecular weight excluding hydrogens is 200 g/mol. The van der Waals surface area contributed by atoms with E-state index in [9.17, 15) is 4.79 Å². The van der Waals surface area contributed by atoms with Crippen molar-refractivity contribution >= 4 is 23.5 Å². The quantitative estimate of drug-likeness (QED) is 0.786. The Morgan fingerprint density at radius 1 is 1.64 bits per heavy atom. The molecule has 0 radical (unpaired) electrons. The third-order valence-corrected chi connectivity index (χ3v) is 2.66. The molecule has 1 unspecified atom stereocenters. The largest absolute Gasteiger partial charge is 0.307 e. The van der Waals surface area contributed by atoms with Crippen LogP contribution in [0.2, 0.25) is 0 Å². The maximum absolute atomic E-state index is 11.5. The molecule has 0 aliphatic rings. The van der Waals surface area contributed by atoms with Gasteiger partial charge in [-0.15, -0.1) is 5.10 Å². The number of anilines is 1. The van der Waals surface area contributed by atoms with E-state index in [4.69, 9.17) is 0 Å². The third kappa shape index (κ3) is 2.73. The van der Waals surface area contributed by atoms with Crippen LogP contribution in [0.25, 0.3) is 0 Å². The van der Waals surface area contributed by atoms with Crippen LogP contribution in [0.1, 0.15) is 12.6 Å². The first-order chi connectivity index (χ1) is 6.65. The van der Waals surface area contributed by atoms with Gasteiger partial charge in [0.1, 0.15) is 5.69 Å². The Morgan fingerprint density at radius 2 is 2.36 bits per heavy atom. The molecule has 6 heteroatoms. The van der Waals surface area contributed by atoms with Gasteiger partial charge >= 0.3 is 0 Å². The summed E-state index contributed by atoms with van der Waals surface area (Å²) >= 11 is 1.65. The van der Waals surface area contributed by atoms with Gasteiger partial charge in [-0.1, -0.05) is 6.92 Å². The van der Waals surface area contributed by atoms with E-state index >= 15 is 0 Å². The molecule has 0 saturated carbocycles. The zero-order chi connectivity index (χ0) is 10.6. The highest BCUT2D eigenvalue weighted by molar-refractivity contribution is 7.98. The molecule has 1 aromatic rings. The van der Waals surface area contributed by atoms with E-state index in [-0.39, 0.29) is 11.8 Å². The fourth-order valence-corrected chi connectivity index (χ4v) is 1.62. The summed E-state index contributed by atoms with van der Waals surface area (Å²) in [4.78, 5) is 11.5. The van der Waals surface area contributed by atoms with Gasteiger partial charge in [-0.2, -0.15) is 22.1 Å². The molecule has 5 nitrogen and oxygen atoms in total. The van der Waals surface area contributed by atoms with Crippen molar-refractivity contribution in [3.05, 3.63) is 5.69 Å². The summed E-state index contributed by atoms with van der Waals surface area (Å²) in [6.07, 6.45) is 1.98. The normalized spacial score (nSPS) is 12.5. The molecular formula is C8H14N4OS. The predicted molar refractivity (Wildman–Crippen MR) is 57.3 cm³/mol. The third-order valence-electron chi connectivity index (χ3n) is 1.83. The average Bonchev–Trinajstić information content (AvgIpc) is 2.52. The first-order valence-corrected chi connectivity index (χ1v) is 5.71. The number of amides is 1. The Bertz CT molecular complexity index is 312. The summed E-state index contributed by atoms with van der Waals surface area (Å²) < 4.78 is 0. The van der Waals surface area contributed by atoms with Gasteiger partial charge in [0.25, 0.3) is 0 Å². The molecule has 1 heterocycles. The molecule has 0 spiro atoms. The minimum absolute atomic E-state index is 0.0129. The summed E-state index contributed by atoms with van der Waals surface area (Å²) in [6.45, 7) is 3.68. The van der Waals surface area contributed by atoms with Gasteiger partial charge in [-0.3, -0.25) is 4.79 Å². The fourth-order valence-electron chi connectivity index (χ4n) is 0.968. The lowest BCUT2D eigenvalue weighted by atomic mass is 10.2. The molecule has 1 atom stereocenters. The van der Waals surface area contributed by atoms with Crippen LogP contribution in [0.5, 0.6) is 0 Å². The highest BCUT2D eigenvalue weighted by Crippen LogP contribution is 2.10. The van der Waals surface area contributed by atoms with Crippen LogP contribution in [0.3, 0.4) is 0 Å². The van der Waals surface area contributed by atoms with E-state index in [0.29, 0.717) is 11.5 Å². The number of carbonyl (C=O) groups is 1.